The Balaban J connectivity index is 3.14. The Morgan fingerprint density at radius 3 is 2.24 bits per heavy atom. The molecule has 7 heteroatoms. The highest BCUT2D eigenvalue weighted by Gasteiger charge is 2.40. The second kappa shape index (κ2) is 8.79. The molecule has 0 aliphatic heterocycles. The molecule has 0 radical (unpaired) electrons. The van der Waals surface area contributed by atoms with Crippen molar-refractivity contribution in [3.05, 3.63) is 21.5 Å². The lowest BCUT2D eigenvalue weighted by molar-refractivity contribution is 0.181. The zero-order valence-electron chi connectivity index (χ0n) is 17.5. The van der Waals surface area contributed by atoms with Crippen LogP contribution in [-0.2, 0) is 10.6 Å². The fourth-order valence-electron chi connectivity index (χ4n) is 2.20. The maximum Gasteiger partial charge on any atom is 0.193 e. The summed E-state index contributed by atoms with van der Waals surface area (Å²) in [5.41, 5.74) is 1.00. The van der Waals surface area contributed by atoms with Gasteiger partial charge in [-0.1, -0.05) is 64.7 Å². The maximum atomic E-state index is 6.74. The van der Waals surface area contributed by atoms with Crippen molar-refractivity contribution >= 4 is 39.0 Å². The number of aromatic nitrogens is 3. The van der Waals surface area contributed by atoms with E-state index in [0.717, 1.165) is 28.4 Å². The van der Waals surface area contributed by atoms with Crippen LogP contribution in [0.15, 0.2) is 12.2 Å². The Kier molecular flexibility index (Phi) is 8.11. The Bertz CT molecular complexity index is 586. The summed E-state index contributed by atoms with van der Waals surface area (Å²) in [6.07, 6.45) is 7.34. The summed E-state index contributed by atoms with van der Waals surface area (Å²) in [7, 11) is -3.13. The van der Waals surface area contributed by atoms with E-state index in [9.17, 15) is 0 Å². The minimum Gasteiger partial charge on any atom is -0.408 e. The molecule has 144 valence electrons. The van der Waals surface area contributed by atoms with Gasteiger partial charge in [-0.05, 0) is 53.6 Å². The molecule has 0 bridgehead atoms. The van der Waals surface area contributed by atoms with E-state index in [0.29, 0.717) is 0 Å². The van der Waals surface area contributed by atoms with Crippen LogP contribution in [0.1, 0.15) is 52.3 Å². The minimum absolute atomic E-state index is 0.00835. The summed E-state index contributed by atoms with van der Waals surface area (Å²) in [5, 5.41) is 9.16. The van der Waals surface area contributed by atoms with Crippen LogP contribution >= 0.6 is 22.6 Å². The smallest absolute Gasteiger partial charge is 0.193 e. The van der Waals surface area contributed by atoms with E-state index in [1.807, 2.05) is 0 Å². The van der Waals surface area contributed by atoms with Crippen LogP contribution in [-0.4, -0.2) is 31.4 Å². The lowest BCUT2D eigenvalue weighted by Gasteiger charge is -2.38. The number of hydrogen-bond acceptors (Lipinski definition) is 3. The zero-order chi connectivity index (χ0) is 19.5. The number of allylic oxidation sites excluding steroid dienone is 1. The molecule has 0 spiro atoms. The fraction of sp³-hybridized carbons (Fsp3) is 0.778. The topological polar surface area (TPSA) is 39.9 Å². The first-order chi connectivity index (χ1) is 11.3. The third-order valence-electron chi connectivity index (χ3n) is 4.62. The molecule has 1 rings (SSSR count). The molecule has 0 unspecified atom stereocenters. The maximum absolute atomic E-state index is 6.74. The standard InChI is InChI=1S/C18H36IN3OSi2/c1-10-11-12-13-15(23-25(8,9)18(2,3)4)16-17(19)22(21-20-16)14-24(5,6)7/h11-12,15H,10,13-14H2,1-9H3/b12-11-/t15-/m0/s1. The third-order valence-corrected chi connectivity index (χ3v) is 11.5. The number of nitrogens with zero attached hydrogens (tertiary/aromatic N) is 3. The molecule has 1 heterocycles. The van der Waals surface area contributed by atoms with Crippen molar-refractivity contribution in [1.82, 2.24) is 15.0 Å². The molecule has 0 fully saturated rings. The largest absolute Gasteiger partial charge is 0.408 e. The highest BCUT2D eigenvalue weighted by Crippen LogP contribution is 2.41. The number of rotatable bonds is 8. The molecule has 0 saturated carbocycles. The van der Waals surface area contributed by atoms with Crippen molar-refractivity contribution in [2.24, 2.45) is 0 Å². The highest BCUT2D eigenvalue weighted by atomic mass is 127. The summed E-state index contributed by atoms with van der Waals surface area (Å²) < 4.78 is 9.95. The predicted octanol–water partition coefficient (Wildman–Crippen LogP) is 6.18. The Hall–Kier alpha value is 0.00377. The first-order valence-corrected chi connectivity index (χ1v) is 16.9. The van der Waals surface area contributed by atoms with Crippen molar-refractivity contribution in [2.45, 2.75) is 90.6 Å². The van der Waals surface area contributed by atoms with Crippen molar-refractivity contribution in [1.29, 1.82) is 0 Å². The predicted molar refractivity (Wildman–Crippen MR) is 121 cm³/mol. The lowest BCUT2D eigenvalue weighted by Crippen LogP contribution is -2.42. The molecule has 0 amide bonds. The van der Waals surface area contributed by atoms with Gasteiger partial charge in [0.25, 0.3) is 0 Å². The molecule has 0 aromatic carbocycles. The summed E-state index contributed by atoms with van der Waals surface area (Å²) in [5.74, 6) is 0. The first kappa shape index (κ1) is 23.0. The molecular formula is C18H36IN3OSi2. The van der Waals surface area contributed by atoms with Gasteiger partial charge in [0.15, 0.2) is 8.32 Å². The van der Waals surface area contributed by atoms with Gasteiger partial charge < -0.3 is 4.43 Å². The van der Waals surface area contributed by atoms with Gasteiger partial charge in [-0.15, -0.1) is 5.10 Å². The van der Waals surface area contributed by atoms with Crippen LogP contribution in [0.3, 0.4) is 0 Å². The van der Waals surface area contributed by atoms with Crippen LogP contribution < -0.4 is 0 Å². The van der Waals surface area contributed by atoms with Crippen LogP contribution in [0.2, 0.25) is 37.8 Å². The monoisotopic (exact) mass is 493 g/mol. The average molecular weight is 494 g/mol. The van der Waals surface area contributed by atoms with Gasteiger partial charge in [0.05, 0.1) is 14.2 Å². The van der Waals surface area contributed by atoms with E-state index in [1.165, 1.54) is 0 Å². The van der Waals surface area contributed by atoms with Crippen LogP contribution in [0.4, 0.5) is 0 Å². The minimum atomic E-state index is -1.88. The molecule has 4 nitrogen and oxygen atoms in total. The van der Waals surface area contributed by atoms with E-state index < -0.39 is 16.4 Å². The average Bonchev–Trinajstić information content (AvgIpc) is 2.76. The van der Waals surface area contributed by atoms with Crippen molar-refractivity contribution < 1.29 is 4.43 Å². The molecule has 0 aliphatic carbocycles. The van der Waals surface area contributed by atoms with E-state index in [2.05, 4.69) is 110 Å². The molecule has 0 N–H and O–H groups in total. The van der Waals surface area contributed by atoms with Crippen molar-refractivity contribution in [3.63, 3.8) is 0 Å². The van der Waals surface area contributed by atoms with Crippen LogP contribution in [0.5, 0.6) is 0 Å². The van der Waals surface area contributed by atoms with Crippen molar-refractivity contribution in [2.75, 3.05) is 0 Å². The van der Waals surface area contributed by atoms with Gasteiger partial charge in [0.1, 0.15) is 9.39 Å². The van der Waals surface area contributed by atoms with Gasteiger partial charge >= 0.3 is 0 Å². The van der Waals surface area contributed by atoms with Crippen LogP contribution in [0, 0.1) is 3.70 Å². The molecule has 0 aliphatic rings. The summed E-state index contributed by atoms with van der Waals surface area (Å²) in [6, 6.07) is 0. The van der Waals surface area contributed by atoms with E-state index in [-0.39, 0.29) is 11.1 Å². The zero-order valence-corrected chi connectivity index (χ0v) is 21.6. The summed E-state index contributed by atoms with van der Waals surface area (Å²) in [6.45, 7) is 20.7. The molecule has 25 heavy (non-hydrogen) atoms. The van der Waals surface area contributed by atoms with Gasteiger partial charge in [-0.3, -0.25) is 0 Å². The molecule has 1 aromatic heterocycles. The second-order valence-corrected chi connectivity index (χ2v) is 20.7. The number of hydrogen-bond donors (Lipinski definition) is 0. The van der Waals surface area contributed by atoms with E-state index in [4.69, 9.17) is 4.43 Å². The van der Waals surface area contributed by atoms with Gasteiger partial charge in [0, 0.05) is 6.17 Å². The van der Waals surface area contributed by atoms with Gasteiger partial charge in [0.2, 0.25) is 0 Å². The van der Waals surface area contributed by atoms with E-state index in [1.54, 1.807) is 0 Å². The van der Waals surface area contributed by atoms with E-state index >= 15 is 0 Å². The molecule has 1 atom stereocenters. The highest BCUT2D eigenvalue weighted by molar-refractivity contribution is 14.1. The van der Waals surface area contributed by atoms with Gasteiger partial charge in [-0.2, -0.15) is 0 Å². The quantitative estimate of drug-likeness (QED) is 0.247. The first-order valence-electron chi connectivity index (χ1n) is 9.20. The normalized spacial score (nSPS) is 15.1. The van der Waals surface area contributed by atoms with Crippen LogP contribution in [0.25, 0.3) is 0 Å². The lowest BCUT2D eigenvalue weighted by atomic mass is 10.2. The Morgan fingerprint density at radius 2 is 1.76 bits per heavy atom. The summed E-state index contributed by atoms with van der Waals surface area (Å²) >= 11 is 2.40. The molecule has 0 saturated heterocycles. The number of halogens is 1. The Labute approximate surface area is 170 Å². The summed E-state index contributed by atoms with van der Waals surface area (Å²) in [4.78, 5) is 0. The SMILES string of the molecule is CC/C=C\C[C@H](O[Si](C)(C)C(C)(C)C)c1nnn(C[Si](C)(C)C)c1I. The van der Waals surface area contributed by atoms with Crippen molar-refractivity contribution in [3.8, 4) is 0 Å². The second-order valence-electron chi connectivity index (χ2n) is 9.47. The van der Waals surface area contributed by atoms with Gasteiger partial charge in [-0.25, -0.2) is 4.68 Å². The fourth-order valence-corrected chi connectivity index (χ4v) is 5.63. The Morgan fingerprint density at radius 1 is 1.16 bits per heavy atom. The molecular weight excluding hydrogens is 457 g/mol. The third kappa shape index (κ3) is 6.91. The molecule has 1 aromatic rings.